The number of hydrogen-bond donors (Lipinski definition) is 0. The summed E-state index contributed by atoms with van der Waals surface area (Å²) >= 11 is 0. The Kier molecular flexibility index (Phi) is 5.74. The highest BCUT2D eigenvalue weighted by molar-refractivity contribution is 6.19. The summed E-state index contributed by atoms with van der Waals surface area (Å²) in [4.78, 5) is 38.8. The van der Waals surface area contributed by atoms with E-state index in [2.05, 4.69) is 0 Å². The van der Waals surface area contributed by atoms with Crippen molar-refractivity contribution in [2.24, 2.45) is 0 Å². The Morgan fingerprint density at radius 1 is 0.966 bits per heavy atom. The molecule has 0 saturated carbocycles. The number of carbonyl (C=O) groups is 3. The van der Waals surface area contributed by atoms with E-state index in [0.717, 1.165) is 0 Å². The Balaban J connectivity index is 2.40. The molecule has 7 heteroatoms. The molecule has 0 aliphatic heterocycles. The predicted octanol–water partition coefficient (Wildman–Crippen LogP) is 3.40. The third-order valence-corrected chi connectivity index (χ3v) is 4.28. The van der Waals surface area contributed by atoms with E-state index in [-0.39, 0.29) is 41.1 Å². The lowest BCUT2D eigenvalue weighted by Crippen LogP contribution is -2.16. The normalized spacial score (nSPS) is 10.4. The smallest absolute Gasteiger partial charge is 0.341 e. The van der Waals surface area contributed by atoms with E-state index < -0.39 is 17.7 Å². The monoisotopic (exact) mass is 390 g/mol. The van der Waals surface area contributed by atoms with Crippen LogP contribution in [0, 0.1) is 11.3 Å². The number of rotatable bonds is 6. The molecule has 0 saturated heterocycles. The van der Waals surface area contributed by atoms with Gasteiger partial charge < -0.3 is 13.9 Å². The van der Waals surface area contributed by atoms with Crippen molar-refractivity contribution in [2.75, 3.05) is 13.2 Å². The van der Waals surface area contributed by atoms with Crippen molar-refractivity contribution in [3.8, 4) is 6.07 Å². The molecule has 2 heterocycles. The number of nitrogens with zero attached hydrogens (tertiary/aromatic N) is 2. The highest BCUT2D eigenvalue weighted by Crippen LogP contribution is 2.28. The number of hydrogen-bond acceptors (Lipinski definition) is 6. The number of ketones is 1. The molecular formula is C22H18N2O5. The zero-order valence-electron chi connectivity index (χ0n) is 16.0. The number of benzene rings is 1. The minimum atomic E-state index is -0.808. The second kappa shape index (κ2) is 8.40. The van der Waals surface area contributed by atoms with Gasteiger partial charge in [0.05, 0.1) is 30.4 Å². The van der Waals surface area contributed by atoms with E-state index in [0.29, 0.717) is 5.56 Å². The first-order valence-corrected chi connectivity index (χ1v) is 9.05. The van der Waals surface area contributed by atoms with E-state index in [1.54, 1.807) is 44.2 Å². The van der Waals surface area contributed by atoms with Crippen LogP contribution in [0.25, 0.3) is 5.52 Å². The number of pyridine rings is 1. The molecule has 29 heavy (non-hydrogen) atoms. The van der Waals surface area contributed by atoms with Crippen LogP contribution in [0.3, 0.4) is 0 Å². The van der Waals surface area contributed by atoms with Gasteiger partial charge >= 0.3 is 11.9 Å². The first kappa shape index (κ1) is 19.8. The van der Waals surface area contributed by atoms with Crippen molar-refractivity contribution in [3.05, 3.63) is 76.6 Å². The molecule has 2 aromatic heterocycles. The van der Waals surface area contributed by atoms with Gasteiger partial charge in [-0.15, -0.1) is 0 Å². The summed E-state index contributed by atoms with van der Waals surface area (Å²) in [5.41, 5.74) is 0.560. The third-order valence-electron chi connectivity index (χ3n) is 4.28. The summed E-state index contributed by atoms with van der Waals surface area (Å²) in [6, 6.07) is 13.3. The zero-order chi connectivity index (χ0) is 21.0. The first-order chi connectivity index (χ1) is 14.0. The highest BCUT2D eigenvalue weighted by atomic mass is 16.5. The van der Waals surface area contributed by atoms with E-state index >= 15 is 0 Å². The van der Waals surface area contributed by atoms with Crippen LogP contribution in [0.5, 0.6) is 0 Å². The molecule has 0 spiro atoms. The summed E-state index contributed by atoms with van der Waals surface area (Å²) in [7, 11) is 0. The fourth-order valence-electron chi connectivity index (χ4n) is 3.09. The Hall–Kier alpha value is -3.92. The second-order valence-corrected chi connectivity index (χ2v) is 6.02. The topological polar surface area (TPSA) is 97.9 Å². The lowest BCUT2D eigenvalue weighted by Gasteiger charge is -2.07. The molecule has 0 radical (unpaired) electrons. The van der Waals surface area contributed by atoms with Crippen LogP contribution >= 0.6 is 0 Å². The molecule has 146 valence electrons. The number of carbonyl (C=O) groups excluding carboxylic acids is 3. The standard InChI is InChI=1S/C22H18N2O5/c1-3-28-21(26)17-16-12-14(13-23)10-11-24(16)19(18(17)22(27)29-4-2)20(25)15-8-6-5-7-9-15/h5-12H,3-4H2,1-2H3. The lowest BCUT2D eigenvalue weighted by molar-refractivity contribution is 0.0480. The highest BCUT2D eigenvalue weighted by Gasteiger charge is 2.33. The third kappa shape index (κ3) is 3.60. The van der Waals surface area contributed by atoms with Crippen LogP contribution in [0.2, 0.25) is 0 Å². The van der Waals surface area contributed by atoms with Gasteiger partial charge in [-0.2, -0.15) is 5.26 Å². The average Bonchev–Trinajstić information content (AvgIpc) is 3.08. The van der Waals surface area contributed by atoms with Gasteiger partial charge in [0, 0.05) is 11.8 Å². The predicted molar refractivity (Wildman–Crippen MR) is 104 cm³/mol. The van der Waals surface area contributed by atoms with Crippen LogP contribution in [0.1, 0.15) is 56.2 Å². The van der Waals surface area contributed by atoms with Crippen molar-refractivity contribution in [1.29, 1.82) is 5.26 Å². The van der Waals surface area contributed by atoms with Crippen LogP contribution in [-0.4, -0.2) is 35.3 Å². The van der Waals surface area contributed by atoms with Crippen LogP contribution in [0.4, 0.5) is 0 Å². The fraction of sp³-hybridized carbons (Fsp3) is 0.182. The second-order valence-electron chi connectivity index (χ2n) is 6.02. The van der Waals surface area contributed by atoms with Crippen molar-refractivity contribution >= 4 is 23.2 Å². The molecule has 3 aromatic rings. The molecule has 0 N–H and O–H groups in total. The molecule has 0 amide bonds. The maximum atomic E-state index is 13.3. The summed E-state index contributed by atoms with van der Waals surface area (Å²) in [6.45, 7) is 3.41. The number of nitriles is 1. The molecular weight excluding hydrogens is 372 g/mol. The lowest BCUT2D eigenvalue weighted by atomic mass is 10.0. The van der Waals surface area contributed by atoms with E-state index in [1.807, 2.05) is 6.07 Å². The van der Waals surface area contributed by atoms with E-state index in [4.69, 9.17) is 9.47 Å². The quantitative estimate of drug-likeness (QED) is 0.473. The van der Waals surface area contributed by atoms with Gasteiger partial charge in [0.15, 0.2) is 0 Å². The fourth-order valence-corrected chi connectivity index (χ4v) is 3.09. The van der Waals surface area contributed by atoms with Crippen LogP contribution in [0.15, 0.2) is 48.7 Å². The number of ether oxygens (including phenoxy) is 2. The molecule has 0 aliphatic carbocycles. The Morgan fingerprint density at radius 3 is 2.17 bits per heavy atom. The SMILES string of the molecule is CCOC(=O)c1c(C(=O)OCC)c2cc(C#N)ccn2c1C(=O)c1ccccc1. The number of fused-ring (bicyclic) bond motifs is 1. The number of aromatic nitrogens is 1. The maximum Gasteiger partial charge on any atom is 0.341 e. The van der Waals surface area contributed by atoms with E-state index in [9.17, 15) is 19.6 Å². The largest absolute Gasteiger partial charge is 0.462 e. The van der Waals surface area contributed by atoms with Gasteiger partial charge in [-0.05, 0) is 26.0 Å². The average molecular weight is 390 g/mol. The molecule has 7 nitrogen and oxygen atoms in total. The molecule has 3 rings (SSSR count). The molecule has 0 atom stereocenters. The van der Waals surface area contributed by atoms with Gasteiger partial charge in [-0.1, -0.05) is 30.3 Å². The summed E-state index contributed by atoms with van der Waals surface area (Å²) in [5.74, 6) is -2.03. The summed E-state index contributed by atoms with van der Waals surface area (Å²) in [5, 5.41) is 9.25. The Morgan fingerprint density at radius 2 is 1.59 bits per heavy atom. The Labute approximate surface area is 167 Å². The summed E-state index contributed by atoms with van der Waals surface area (Å²) in [6.07, 6.45) is 1.48. The van der Waals surface area contributed by atoms with Crippen molar-refractivity contribution in [1.82, 2.24) is 4.40 Å². The summed E-state index contributed by atoms with van der Waals surface area (Å²) < 4.78 is 11.7. The van der Waals surface area contributed by atoms with Crippen molar-refractivity contribution in [2.45, 2.75) is 13.8 Å². The molecule has 0 unspecified atom stereocenters. The van der Waals surface area contributed by atoms with Crippen LogP contribution < -0.4 is 0 Å². The first-order valence-electron chi connectivity index (χ1n) is 9.05. The maximum absolute atomic E-state index is 13.3. The van der Waals surface area contributed by atoms with Gasteiger partial charge in [0.25, 0.3) is 0 Å². The van der Waals surface area contributed by atoms with Gasteiger partial charge in [0.2, 0.25) is 5.78 Å². The van der Waals surface area contributed by atoms with Crippen molar-refractivity contribution < 1.29 is 23.9 Å². The Bertz CT molecular complexity index is 1140. The molecule has 0 fully saturated rings. The van der Waals surface area contributed by atoms with Gasteiger partial charge in [0.1, 0.15) is 16.8 Å². The van der Waals surface area contributed by atoms with Crippen molar-refractivity contribution in [3.63, 3.8) is 0 Å². The minimum Gasteiger partial charge on any atom is -0.462 e. The van der Waals surface area contributed by atoms with Gasteiger partial charge in [-0.25, -0.2) is 9.59 Å². The number of esters is 2. The minimum absolute atomic E-state index is 0.0165. The van der Waals surface area contributed by atoms with Gasteiger partial charge in [-0.3, -0.25) is 4.79 Å². The molecule has 0 bridgehead atoms. The van der Waals surface area contributed by atoms with Crippen LogP contribution in [-0.2, 0) is 9.47 Å². The molecule has 0 aliphatic rings. The van der Waals surface area contributed by atoms with E-state index in [1.165, 1.54) is 22.7 Å². The molecule has 1 aromatic carbocycles. The zero-order valence-corrected chi connectivity index (χ0v) is 16.0.